The Morgan fingerprint density at radius 3 is 2.76 bits per heavy atom. The van der Waals surface area contributed by atoms with Gasteiger partial charge in [-0.25, -0.2) is 9.82 Å². The molecular formula is C16H17FN4. The molecule has 3 N–H and O–H groups in total. The van der Waals surface area contributed by atoms with Crippen LogP contribution in [0.2, 0.25) is 0 Å². The standard InChI is InChI=1S/C16H17FN4/c1-10-7-8-11(17)9-13(10)15(19-18)16-12-5-3-4-6-14(12)21(2)20-16/h3-9,15,19H,18H2,1-2H3. The minimum absolute atomic E-state index is 0.281. The van der Waals surface area contributed by atoms with Gasteiger partial charge < -0.3 is 0 Å². The number of fused-ring (bicyclic) bond motifs is 1. The van der Waals surface area contributed by atoms with E-state index in [1.54, 1.807) is 6.07 Å². The molecule has 1 aromatic heterocycles. The Hall–Kier alpha value is -2.24. The number of hydrogen-bond acceptors (Lipinski definition) is 3. The van der Waals surface area contributed by atoms with E-state index in [1.807, 2.05) is 42.9 Å². The van der Waals surface area contributed by atoms with Crippen molar-refractivity contribution in [3.8, 4) is 0 Å². The predicted molar refractivity (Wildman–Crippen MR) is 81.0 cm³/mol. The van der Waals surface area contributed by atoms with E-state index >= 15 is 0 Å². The van der Waals surface area contributed by atoms with Crippen molar-refractivity contribution in [1.82, 2.24) is 15.2 Å². The summed E-state index contributed by atoms with van der Waals surface area (Å²) in [4.78, 5) is 0. The largest absolute Gasteiger partial charge is 0.271 e. The molecule has 2 aromatic carbocycles. The van der Waals surface area contributed by atoms with E-state index < -0.39 is 0 Å². The highest BCUT2D eigenvalue weighted by Crippen LogP contribution is 2.29. The molecule has 0 aliphatic heterocycles. The van der Waals surface area contributed by atoms with Crippen molar-refractivity contribution in [2.24, 2.45) is 12.9 Å². The van der Waals surface area contributed by atoms with Gasteiger partial charge in [-0.2, -0.15) is 5.10 Å². The number of para-hydroxylation sites is 1. The summed E-state index contributed by atoms with van der Waals surface area (Å²) in [6.45, 7) is 1.93. The molecule has 0 saturated carbocycles. The summed E-state index contributed by atoms with van der Waals surface area (Å²) < 4.78 is 15.4. The van der Waals surface area contributed by atoms with Crippen molar-refractivity contribution >= 4 is 10.9 Å². The van der Waals surface area contributed by atoms with Gasteiger partial charge in [0, 0.05) is 12.4 Å². The third kappa shape index (κ3) is 2.30. The molecule has 0 fully saturated rings. The first-order chi connectivity index (χ1) is 10.1. The van der Waals surface area contributed by atoms with Gasteiger partial charge >= 0.3 is 0 Å². The van der Waals surface area contributed by atoms with Gasteiger partial charge in [-0.1, -0.05) is 24.3 Å². The van der Waals surface area contributed by atoms with E-state index in [4.69, 9.17) is 5.84 Å². The zero-order valence-corrected chi connectivity index (χ0v) is 12.0. The van der Waals surface area contributed by atoms with Gasteiger partial charge in [0.15, 0.2) is 0 Å². The summed E-state index contributed by atoms with van der Waals surface area (Å²) >= 11 is 0. The van der Waals surface area contributed by atoms with Crippen LogP contribution in [-0.2, 0) is 7.05 Å². The Kier molecular flexibility index (Phi) is 3.45. The Morgan fingerprint density at radius 2 is 2.00 bits per heavy atom. The summed E-state index contributed by atoms with van der Waals surface area (Å²) in [6, 6.07) is 12.3. The first-order valence-electron chi connectivity index (χ1n) is 6.75. The molecule has 0 spiro atoms. The summed E-state index contributed by atoms with van der Waals surface area (Å²) in [5, 5.41) is 5.57. The third-order valence-electron chi connectivity index (χ3n) is 3.78. The van der Waals surface area contributed by atoms with Gasteiger partial charge in [-0.05, 0) is 36.2 Å². The van der Waals surface area contributed by atoms with Crippen molar-refractivity contribution in [1.29, 1.82) is 0 Å². The van der Waals surface area contributed by atoms with Crippen molar-refractivity contribution in [2.45, 2.75) is 13.0 Å². The Labute approximate surface area is 122 Å². The predicted octanol–water partition coefficient (Wildman–Crippen LogP) is 2.57. The highest BCUT2D eigenvalue weighted by atomic mass is 19.1. The van der Waals surface area contributed by atoms with Crippen LogP contribution in [0, 0.1) is 12.7 Å². The lowest BCUT2D eigenvalue weighted by molar-refractivity contribution is 0.588. The maximum absolute atomic E-state index is 13.6. The van der Waals surface area contributed by atoms with Gasteiger partial charge in [-0.3, -0.25) is 10.5 Å². The van der Waals surface area contributed by atoms with Crippen molar-refractivity contribution in [3.05, 3.63) is 65.1 Å². The van der Waals surface area contributed by atoms with Gasteiger partial charge in [0.1, 0.15) is 5.82 Å². The third-order valence-corrected chi connectivity index (χ3v) is 3.78. The summed E-state index contributed by atoms with van der Waals surface area (Å²) in [5.74, 6) is 5.45. The van der Waals surface area contributed by atoms with Crippen LogP contribution >= 0.6 is 0 Å². The lowest BCUT2D eigenvalue weighted by Crippen LogP contribution is -2.30. The van der Waals surface area contributed by atoms with Crippen LogP contribution in [0.1, 0.15) is 22.9 Å². The van der Waals surface area contributed by atoms with Crippen LogP contribution in [0.3, 0.4) is 0 Å². The number of nitrogens with zero attached hydrogens (tertiary/aromatic N) is 2. The van der Waals surface area contributed by atoms with Gasteiger partial charge in [0.25, 0.3) is 0 Å². The van der Waals surface area contributed by atoms with E-state index in [1.165, 1.54) is 12.1 Å². The van der Waals surface area contributed by atoms with Gasteiger partial charge in [-0.15, -0.1) is 0 Å². The molecule has 1 unspecified atom stereocenters. The second-order valence-corrected chi connectivity index (χ2v) is 5.13. The molecule has 1 heterocycles. The fraction of sp³-hybridized carbons (Fsp3) is 0.188. The van der Waals surface area contributed by atoms with Crippen LogP contribution in [-0.4, -0.2) is 9.78 Å². The highest BCUT2D eigenvalue weighted by Gasteiger charge is 2.21. The molecule has 1 atom stereocenters. The molecule has 0 amide bonds. The summed E-state index contributed by atoms with van der Waals surface area (Å²) in [7, 11) is 1.89. The second kappa shape index (κ2) is 5.27. The topological polar surface area (TPSA) is 55.9 Å². The van der Waals surface area contributed by atoms with Crippen molar-refractivity contribution < 1.29 is 4.39 Å². The van der Waals surface area contributed by atoms with Gasteiger partial charge in [0.05, 0.1) is 17.3 Å². The SMILES string of the molecule is Cc1ccc(F)cc1C(NN)c1nn(C)c2ccccc12. The molecule has 0 radical (unpaired) electrons. The maximum atomic E-state index is 13.6. The molecule has 0 saturated heterocycles. The second-order valence-electron chi connectivity index (χ2n) is 5.13. The van der Waals surface area contributed by atoms with E-state index in [0.717, 1.165) is 27.7 Å². The highest BCUT2D eigenvalue weighted by molar-refractivity contribution is 5.82. The number of aromatic nitrogens is 2. The van der Waals surface area contributed by atoms with E-state index in [9.17, 15) is 4.39 Å². The molecule has 0 bridgehead atoms. The monoisotopic (exact) mass is 284 g/mol. The smallest absolute Gasteiger partial charge is 0.123 e. The molecule has 108 valence electrons. The fourth-order valence-electron chi connectivity index (χ4n) is 2.69. The summed E-state index contributed by atoms with van der Waals surface area (Å²) in [5.41, 5.74) is 6.34. The lowest BCUT2D eigenvalue weighted by atomic mass is 9.97. The number of hydrogen-bond donors (Lipinski definition) is 2. The normalized spacial score (nSPS) is 12.8. The number of halogens is 1. The minimum atomic E-state index is -0.355. The fourth-order valence-corrected chi connectivity index (χ4v) is 2.69. The number of hydrazine groups is 1. The number of benzene rings is 2. The number of rotatable bonds is 3. The molecule has 21 heavy (non-hydrogen) atoms. The molecule has 5 heteroatoms. The molecular weight excluding hydrogens is 267 g/mol. The van der Waals surface area contributed by atoms with Crippen molar-refractivity contribution in [2.75, 3.05) is 0 Å². The van der Waals surface area contributed by atoms with Crippen LogP contribution < -0.4 is 11.3 Å². The van der Waals surface area contributed by atoms with E-state index in [0.29, 0.717) is 0 Å². The average Bonchev–Trinajstić information content (AvgIpc) is 2.81. The van der Waals surface area contributed by atoms with E-state index in [2.05, 4.69) is 10.5 Å². The zero-order chi connectivity index (χ0) is 15.0. The minimum Gasteiger partial charge on any atom is -0.271 e. The maximum Gasteiger partial charge on any atom is 0.123 e. The lowest BCUT2D eigenvalue weighted by Gasteiger charge is -2.17. The average molecular weight is 284 g/mol. The molecule has 4 nitrogen and oxygen atoms in total. The number of nitrogens with one attached hydrogen (secondary N) is 1. The van der Waals surface area contributed by atoms with E-state index in [-0.39, 0.29) is 11.9 Å². The first kappa shape index (κ1) is 13.7. The molecule has 0 aliphatic carbocycles. The molecule has 0 aliphatic rings. The number of nitrogens with two attached hydrogens (primary N) is 1. The molecule has 3 aromatic rings. The Morgan fingerprint density at radius 1 is 1.24 bits per heavy atom. The van der Waals surface area contributed by atoms with Crippen LogP contribution in [0.15, 0.2) is 42.5 Å². The van der Waals surface area contributed by atoms with Crippen LogP contribution in [0.4, 0.5) is 4.39 Å². The Balaban J connectivity index is 2.21. The molecule has 3 rings (SSSR count). The first-order valence-corrected chi connectivity index (χ1v) is 6.75. The summed E-state index contributed by atoms with van der Waals surface area (Å²) in [6.07, 6.45) is 0. The quantitative estimate of drug-likeness (QED) is 0.574. The zero-order valence-electron chi connectivity index (χ0n) is 12.0. The van der Waals surface area contributed by atoms with Crippen LogP contribution in [0.25, 0.3) is 10.9 Å². The van der Waals surface area contributed by atoms with Gasteiger partial charge in [0.2, 0.25) is 0 Å². The van der Waals surface area contributed by atoms with Crippen LogP contribution in [0.5, 0.6) is 0 Å². The van der Waals surface area contributed by atoms with Crippen molar-refractivity contribution in [3.63, 3.8) is 0 Å². The Bertz CT molecular complexity index is 794. The number of aryl methyl sites for hydroxylation is 2.